The van der Waals surface area contributed by atoms with Gasteiger partial charge in [0, 0.05) is 32.5 Å². The molecule has 2 heterocycles. The predicted molar refractivity (Wildman–Crippen MR) is 51.4 cm³/mol. The summed E-state index contributed by atoms with van der Waals surface area (Å²) in [5.74, 6) is -0.267. The summed E-state index contributed by atoms with van der Waals surface area (Å²) in [5, 5.41) is 3.28. The lowest BCUT2D eigenvalue weighted by Crippen LogP contribution is -2.26. The lowest BCUT2D eigenvalue weighted by Gasteiger charge is -2.14. The normalized spacial score (nSPS) is 15.1. The summed E-state index contributed by atoms with van der Waals surface area (Å²) < 4.78 is 2.01. The van der Waals surface area contributed by atoms with Crippen LogP contribution < -0.4 is 11.1 Å². The fraction of sp³-hybridized carbons (Fsp3) is 0.556. The van der Waals surface area contributed by atoms with E-state index in [2.05, 4.69) is 10.3 Å². The van der Waals surface area contributed by atoms with E-state index in [1.165, 1.54) is 5.69 Å². The van der Waals surface area contributed by atoms with Crippen LogP contribution in [0.25, 0.3) is 0 Å². The van der Waals surface area contributed by atoms with Gasteiger partial charge in [0.2, 0.25) is 5.91 Å². The molecule has 76 valence electrons. The van der Waals surface area contributed by atoms with E-state index in [1.54, 1.807) is 6.33 Å². The summed E-state index contributed by atoms with van der Waals surface area (Å²) in [6.07, 6.45) is 3.14. The minimum absolute atomic E-state index is 0.267. The molecular formula is C9H14N4O. The number of nitrogens with zero attached hydrogens (tertiary/aromatic N) is 2. The smallest absolute Gasteiger partial charge is 0.219 e. The molecule has 0 atom stereocenters. The summed E-state index contributed by atoms with van der Waals surface area (Å²) in [5.41, 5.74) is 7.44. The van der Waals surface area contributed by atoms with Crippen LogP contribution in [-0.2, 0) is 24.3 Å². The highest BCUT2D eigenvalue weighted by Gasteiger charge is 2.14. The molecule has 0 bridgehead atoms. The second kappa shape index (κ2) is 3.79. The number of primary amides is 1. The Balaban J connectivity index is 2.10. The molecule has 2 rings (SSSR count). The summed E-state index contributed by atoms with van der Waals surface area (Å²) in [6, 6.07) is 0. The first-order valence-corrected chi connectivity index (χ1v) is 4.79. The van der Waals surface area contributed by atoms with Gasteiger partial charge in [-0.05, 0) is 0 Å². The third-order valence-electron chi connectivity index (χ3n) is 2.46. The summed E-state index contributed by atoms with van der Waals surface area (Å²) in [4.78, 5) is 14.9. The van der Waals surface area contributed by atoms with Gasteiger partial charge in [0.1, 0.15) is 0 Å². The Bertz CT molecular complexity index is 345. The fourth-order valence-electron chi connectivity index (χ4n) is 1.70. The minimum atomic E-state index is -0.267. The van der Waals surface area contributed by atoms with Crippen LogP contribution >= 0.6 is 0 Å². The lowest BCUT2D eigenvalue weighted by molar-refractivity contribution is -0.118. The Kier molecular flexibility index (Phi) is 2.49. The van der Waals surface area contributed by atoms with Crippen molar-refractivity contribution >= 4 is 5.91 Å². The molecule has 0 saturated heterocycles. The van der Waals surface area contributed by atoms with Crippen molar-refractivity contribution in [2.45, 2.75) is 25.9 Å². The zero-order valence-electron chi connectivity index (χ0n) is 7.99. The van der Waals surface area contributed by atoms with E-state index in [0.29, 0.717) is 13.0 Å². The Morgan fingerprint density at radius 1 is 1.71 bits per heavy atom. The molecule has 1 aliphatic heterocycles. The number of fused-ring (bicyclic) bond motifs is 1. The van der Waals surface area contributed by atoms with E-state index in [1.807, 2.05) is 4.57 Å². The number of nitrogens with one attached hydrogen (secondary N) is 1. The quantitative estimate of drug-likeness (QED) is 0.675. The van der Waals surface area contributed by atoms with Crippen molar-refractivity contribution in [1.29, 1.82) is 0 Å². The third kappa shape index (κ3) is 1.77. The standard InChI is InChI=1S/C9H14N4O/c10-9(14)2-4-13-6-12-7-1-3-11-5-8(7)13/h6,11H,1-5H2,(H2,10,14). The average Bonchev–Trinajstić information content (AvgIpc) is 2.58. The Morgan fingerprint density at radius 2 is 2.57 bits per heavy atom. The third-order valence-corrected chi connectivity index (χ3v) is 2.46. The molecule has 0 saturated carbocycles. The van der Waals surface area contributed by atoms with Gasteiger partial charge in [-0.25, -0.2) is 4.98 Å². The first-order valence-electron chi connectivity index (χ1n) is 4.79. The van der Waals surface area contributed by atoms with Gasteiger partial charge in [-0.2, -0.15) is 0 Å². The molecule has 0 spiro atoms. The van der Waals surface area contributed by atoms with Gasteiger partial charge in [-0.1, -0.05) is 0 Å². The van der Waals surface area contributed by atoms with Gasteiger partial charge < -0.3 is 15.6 Å². The van der Waals surface area contributed by atoms with E-state index in [0.717, 1.165) is 25.2 Å². The van der Waals surface area contributed by atoms with Gasteiger partial charge in [0.15, 0.2) is 0 Å². The molecule has 1 aromatic rings. The van der Waals surface area contributed by atoms with Crippen molar-refractivity contribution in [1.82, 2.24) is 14.9 Å². The molecule has 1 aliphatic rings. The topological polar surface area (TPSA) is 72.9 Å². The Hall–Kier alpha value is -1.36. The van der Waals surface area contributed by atoms with Crippen LogP contribution in [0.4, 0.5) is 0 Å². The monoisotopic (exact) mass is 194 g/mol. The van der Waals surface area contributed by atoms with Gasteiger partial charge >= 0.3 is 0 Å². The first-order chi connectivity index (χ1) is 6.77. The summed E-state index contributed by atoms with van der Waals surface area (Å²) >= 11 is 0. The molecule has 0 unspecified atom stereocenters. The average molecular weight is 194 g/mol. The van der Waals surface area contributed by atoms with Gasteiger partial charge in [-0.15, -0.1) is 0 Å². The highest BCUT2D eigenvalue weighted by atomic mass is 16.1. The summed E-state index contributed by atoms with van der Waals surface area (Å²) in [7, 11) is 0. The molecule has 5 heteroatoms. The highest BCUT2D eigenvalue weighted by Crippen LogP contribution is 2.12. The van der Waals surface area contributed by atoms with Gasteiger partial charge in [-0.3, -0.25) is 4.79 Å². The fourth-order valence-corrected chi connectivity index (χ4v) is 1.70. The molecule has 0 aromatic carbocycles. The first kappa shape index (κ1) is 9.21. The van der Waals surface area contributed by atoms with Crippen LogP contribution in [-0.4, -0.2) is 22.0 Å². The van der Waals surface area contributed by atoms with Crippen molar-refractivity contribution in [2.75, 3.05) is 6.54 Å². The van der Waals surface area contributed by atoms with Crippen molar-refractivity contribution < 1.29 is 4.79 Å². The molecule has 0 aliphatic carbocycles. The maximum Gasteiger partial charge on any atom is 0.219 e. The van der Waals surface area contributed by atoms with Crippen LogP contribution in [0.5, 0.6) is 0 Å². The van der Waals surface area contributed by atoms with E-state index in [4.69, 9.17) is 5.73 Å². The molecule has 1 amide bonds. The van der Waals surface area contributed by atoms with E-state index < -0.39 is 0 Å². The second-order valence-electron chi connectivity index (χ2n) is 3.47. The van der Waals surface area contributed by atoms with Crippen LogP contribution in [0.3, 0.4) is 0 Å². The molecular weight excluding hydrogens is 180 g/mol. The summed E-state index contributed by atoms with van der Waals surface area (Å²) in [6.45, 7) is 2.47. The molecule has 5 nitrogen and oxygen atoms in total. The van der Waals surface area contributed by atoms with Gasteiger partial charge in [0.05, 0.1) is 17.7 Å². The SMILES string of the molecule is NC(=O)CCn1cnc2c1CNCC2. The van der Waals surface area contributed by atoms with Gasteiger partial charge in [0.25, 0.3) is 0 Å². The zero-order valence-corrected chi connectivity index (χ0v) is 7.99. The van der Waals surface area contributed by atoms with E-state index in [9.17, 15) is 4.79 Å². The van der Waals surface area contributed by atoms with E-state index >= 15 is 0 Å². The van der Waals surface area contributed by atoms with Crippen LogP contribution in [0.15, 0.2) is 6.33 Å². The number of rotatable bonds is 3. The molecule has 0 fully saturated rings. The number of carbonyl (C=O) groups is 1. The number of nitrogens with two attached hydrogens (primary N) is 1. The molecule has 1 aromatic heterocycles. The van der Waals surface area contributed by atoms with Crippen molar-refractivity contribution in [3.8, 4) is 0 Å². The Morgan fingerprint density at radius 3 is 3.36 bits per heavy atom. The maximum atomic E-state index is 10.6. The second-order valence-corrected chi connectivity index (χ2v) is 3.47. The Labute approximate surface area is 82.3 Å². The zero-order chi connectivity index (χ0) is 9.97. The van der Waals surface area contributed by atoms with Crippen molar-refractivity contribution in [2.24, 2.45) is 5.73 Å². The number of hydrogen-bond acceptors (Lipinski definition) is 3. The highest BCUT2D eigenvalue weighted by molar-refractivity contribution is 5.73. The number of aryl methyl sites for hydroxylation is 1. The molecule has 3 N–H and O–H groups in total. The number of amides is 1. The maximum absolute atomic E-state index is 10.6. The molecule has 0 radical (unpaired) electrons. The minimum Gasteiger partial charge on any atom is -0.370 e. The largest absolute Gasteiger partial charge is 0.370 e. The van der Waals surface area contributed by atoms with Crippen molar-refractivity contribution in [3.05, 3.63) is 17.7 Å². The van der Waals surface area contributed by atoms with Crippen LogP contribution in [0, 0.1) is 0 Å². The van der Waals surface area contributed by atoms with E-state index in [-0.39, 0.29) is 5.91 Å². The number of hydrogen-bond donors (Lipinski definition) is 2. The number of imidazole rings is 1. The molecule has 14 heavy (non-hydrogen) atoms. The number of aromatic nitrogens is 2. The van der Waals surface area contributed by atoms with Crippen LogP contribution in [0.2, 0.25) is 0 Å². The predicted octanol–water partition coefficient (Wildman–Crippen LogP) is -0.596. The van der Waals surface area contributed by atoms with Crippen LogP contribution in [0.1, 0.15) is 17.8 Å². The number of carbonyl (C=O) groups excluding carboxylic acids is 1. The van der Waals surface area contributed by atoms with Crippen molar-refractivity contribution in [3.63, 3.8) is 0 Å². The lowest BCUT2D eigenvalue weighted by atomic mass is 10.2.